The summed E-state index contributed by atoms with van der Waals surface area (Å²) in [6.07, 6.45) is 0.247. The fourth-order valence-corrected chi connectivity index (χ4v) is 3.52. The lowest BCUT2D eigenvalue weighted by Gasteiger charge is -2.25. The normalized spacial score (nSPS) is 11.7. The van der Waals surface area contributed by atoms with E-state index in [1.807, 2.05) is 74.5 Å². The number of likely N-dealkylation sites (N-methyl/N-ethyl adjacent to an activating group) is 1. The molecule has 0 aromatic heterocycles. The van der Waals surface area contributed by atoms with Crippen molar-refractivity contribution in [3.63, 3.8) is 0 Å². The van der Waals surface area contributed by atoms with Crippen LogP contribution >= 0.6 is 0 Å². The molecule has 0 saturated heterocycles. The number of carboxylic acids is 1. The van der Waals surface area contributed by atoms with Crippen molar-refractivity contribution in [2.24, 2.45) is 0 Å². The van der Waals surface area contributed by atoms with Gasteiger partial charge in [-0.3, -0.25) is 4.79 Å². The van der Waals surface area contributed by atoms with Crippen LogP contribution in [0.5, 0.6) is 0 Å². The quantitative estimate of drug-likeness (QED) is 0.665. The zero-order chi connectivity index (χ0) is 21.0. The van der Waals surface area contributed by atoms with Gasteiger partial charge in [0.1, 0.15) is 6.04 Å². The first-order valence-corrected chi connectivity index (χ1v) is 9.58. The number of aliphatic carboxylic acids is 1. The van der Waals surface area contributed by atoms with E-state index in [4.69, 9.17) is 0 Å². The molecular formula is C25H25NO3. The van der Waals surface area contributed by atoms with Crippen LogP contribution in [0.3, 0.4) is 0 Å². The number of nitrogens with zero attached hydrogens (tertiary/aromatic N) is 1. The van der Waals surface area contributed by atoms with E-state index in [0.29, 0.717) is 5.56 Å². The number of carbonyl (C=O) groups excluding carboxylic acids is 1. The first-order valence-electron chi connectivity index (χ1n) is 9.58. The van der Waals surface area contributed by atoms with Gasteiger partial charge in [0.05, 0.1) is 0 Å². The molecule has 29 heavy (non-hydrogen) atoms. The Morgan fingerprint density at radius 2 is 1.41 bits per heavy atom. The largest absolute Gasteiger partial charge is 0.480 e. The summed E-state index contributed by atoms with van der Waals surface area (Å²) in [6.45, 7) is 3.85. The Hall–Kier alpha value is -3.40. The maximum absolute atomic E-state index is 12.9. The molecule has 0 spiro atoms. The van der Waals surface area contributed by atoms with Crippen molar-refractivity contribution >= 4 is 11.9 Å². The molecule has 1 atom stereocenters. The van der Waals surface area contributed by atoms with Gasteiger partial charge >= 0.3 is 5.97 Å². The van der Waals surface area contributed by atoms with Gasteiger partial charge in [0, 0.05) is 19.0 Å². The summed E-state index contributed by atoms with van der Waals surface area (Å²) in [5, 5.41) is 9.75. The van der Waals surface area contributed by atoms with E-state index in [0.717, 1.165) is 27.8 Å². The average Bonchev–Trinajstić information content (AvgIpc) is 2.71. The molecule has 0 saturated carbocycles. The molecule has 0 bridgehead atoms. The van der Waals surface area contributed by atoms with Crippen molar-refractivity contribution in [1.82, 2.24) is 4.90 Å². The standard InChI is InChI=1S/C25H25NO3/c1-17-13-18(2)15-22(14-17)24(27)26(3)23(25(28)29)16-19-9-11-21(12-10-19)20-7-5-4-6-8-20/h4-15,23H,16H2,1-3H3,(H,28,29)/t23-/m1/s1. The lowest BCUT2D eigenvalue weighted by Crippen LogP contribution is -2.43. The lowest BCUT2D eigenvalue weighted by atomic mass is 9.99. The van der Waals surface area contributed by atoms with Gasteiger partial charge in [-0.05, 0) is 42.7 Å². The second-order valence-corrected chi connectivity index (χ2v) is 7.41. The molecule has 0 aliphatic carbocycles. The van der Waals surface area contributed by atoms with Gasteiger partial charge in [-0.15, -0.1) is 0 Å². The highest BCUT2D eigenvalue weighted by molar-refractivity contribution is 5.96. The fourth-order valence-electron chi connectivity index (χ4n) is 3.52. The zero-order valence-electron chi connectivity index (χ0n) is 16.9. The van der Waals surface area contributed by atoms with Crippen LogP contribution in [-0.2, 0) is 11.2 Å². The highest BCUT2D eigenvalue weighted by Gasteiger charge is 2.27. The van der Waals surface area contributed by atoms with E-state index in [1.165, 1.54) is 4.90 Å². The molecule has 148 valence electrons. The summed E-state index contributed by atoms with van der Waals surface area (Å²) in [7, 11) is 1.55. The smallest absolute Gasteiger partial charge is 0.326 e. The molecule has 3 aromatic rings. The number of carboxylic acid groups (broad SMARTS) is 1. The number of benzene rings is 3. The van der Waals surface area contributed by atoms with Gasteiger partial charge in [0.25, 0.3) is 5.91 Å². The Balaban J connectivity index is 1.79. The molecule has 0 aliphatic heterocycles. The number of hydrogen-bond acceptors (Lipinski definition) is 2. The molecule has 4 heteroatoms. The van der Waals surface area contributed by atoms with E-state index >= 15 is 0 Å². The van der Waals surface area contributed by atoms with Crippen LogP contribution in [0.15, 0.2) is 72.8 Å². The Morgan fingerprint density at radius 3 is 1.97 bits per heavy atom. The van der Waals surface area contributed by atoms with E-state index in [2.05, 4.69) is 0 Å². The highest BCUT2D eigenvalue weighted by Crippen LogP contribution is 2.21. The van der Waals surface area contributed by atoms with E-state index in [9.17, 15) is 14.7 Å². The fraction of sp³-hybridized carbons (Fsp3) is 0.200. The van der Waals surface area contributed by atoms with E-state index < -0.39 is 12.0 Å². The van der Waals surface area contributed by atoms with Gasteiger partial charge < -0.3 is 10.0 Å². The van der Waals surface area contributed by atoms with Crippen LogP contribution in [0.25, 0.3) is 11.1 Å². The highest BCUT2D eigenvalue weighted by atomic mass is 16.4. The van der Waals surface area contributed by atoms with Crippen molar-refractivity contribution < 1.29 is 14.7 Å². The first kappa shape index (κ1) is 20.3. The summed E-state index contributed by atoms with van der Waals surface area (Å²) in [5.74, 6) is -1.30. The van der Waals surface area contributed by atoms with Gasteiger partial charge in [-0.25, -0.2) is 4.79 Å². The monoisotopic (exact) mass is 387 g/mol. The molecule has 3 aromatic carbocycles. The molecule has 0 unspecified atom stereocenters. The molecule has 1 N–H and O–H groups in total. The van der Waals surface area contributed by atoms with Crippen molar-refractivity contribution in [2.75, 3.05) is 7.05 Å². The Kier molecular flexibility index (Phi) is 6.13. The van der Waals surface area contributed by atoms with Crippen LogP contribution < -0.4 is 0 Å². The number of carbonyl (C=O) groups is 2. The Morgan fingerprint density at radius 1 is 0.862 bits per heavy atom. The molecule has 0 aliphatic rings. The predicted octanol–water partition coefficient (Wildman–Crippen LogP) is 4.74. The van der Waals surface area contributed by atoms with Crippen LogP contribution in [0.2, 0.25) is 0 Å². The topological polar surface area (TPSA) is 57.6 Å². The van der Waals surface area contributed by atoms with Crippen LogP contribution in [-0.4, -0.2) is 35.0 Å². The van der Waals surface area contributed by atoms with Crippen molar-refractivity contribution in [3.8, 4) is 11.1 Å². The van der Waals surface area contributed by atoms with E-state index in [-0.39, 0.29) is 12.3 Å². The van der Waals surface area contributed by atoms with E-state index in [1.54, 1.807) is 19.2 Å². The third kappa shape index (κ3) is 4.91. The second-order valence-electron chi connectivity index (χ2n) is 7.41. The average molecular weight is 387 g/mol. The molecule has 0 fully saturated rings. The second kappa shape index (κ2) is 8.74. The molecule has 1 amide bonds. The lowest BCUT2D eigenvalue weighted by molar-refractivity contribution is -0.141. The summed E-state index contributed by atoms with van der Waals surface area (Å²) in [6, 6.07) is 22.4. The SMILES string of the molecule is Cc1cc(C)cc(C(=O)N(C)[C@H](Cc2ccc(-c3ccccc3)cc2)C(=O)O)c1. The molecule has 0 heterocycles. The minimum Gasteiger partial charge on any atom is -0.480 e. The Bertz CT molecular complexity index is 990. The minimum absolute atomic E-state index is 0.247. The molecular weight excluding hydrogens is 362 g/mol. The molecule has 3 rings (SSSR count). The third-order valence-corrected chi connectivity index (χ3v) is 5.03. The third-order valence-electron chi connectivity index (χ3n) is 5.03. The van der Waals surface area contributed by atoms with Gasteiger partial charge in [0.15, 0.2) is 0 Å². The molecule has 0 radical (unpaired) electrons. The maximum atomic E-state index is 12.9. The van der Waals surface area contributed by atoms with Crippen LogP contribution in [0, 0.1) is 13.8 Å². The van der Waals surface area contributed by atoms with Gasteiger partial charge in [-0.2, -0.15) is 0 Å². The van der Waals surface area contributed by atoms with Crippen molar-refractivity contribution in [1.29, 1.82) is 0 Å². The number of amides is 1. The van der Waals surface area contributed by atoms with Crippen LogP contribution in [0.1, 0.15) is 27.0 Å². The van der Waals surface area contributed by atoms with Gasteiger partial charge in [0.2, 0.25) is 0 Å². The summed E-state index contributed by atoms with van der Waals surface area (Å²) in [5.41, 5.74) is 5.51. The Labute approximate surface area is 171 Å². The number of aryl methyl sites for hydroxylation is 2. The molecule has 4 nitrogen and oxygen atoms in total. The number of hydrogen-bond donors (Lipinski definition) is 1. The summed E-state index contributed by atoms with van der Waals surface area (Å²) < 4.78 is 0. The minimum atomic E-state index is -1.02. The summed E-state index contributed by atoms with van der Waals surface area (Å²) in [4.78, 5) is 26.1. The van der Waals surface area contributed by atoms with Gasteiger partial charge in [-0.1, -0.05) is 71.8 Å². The maximum Gasteiger partial charge on any atom is 0.326 e. The van der Waals surface area contributed by atoms with Crippen molar-refractivity contribution in [3.05, 3.63) is 95.1 Å². The van der Waals surface area contributed by atoms with Crippen molar-refractivity contribution in [2.45, 2.75) is 26.3 Å². The zero-order valence-corrected chi connectivity index (χ0v) is 16.9. The summed E-state index contributed by atoms with van der Waals surface area (Å²) >= 11 is 0. The predicted molar refractivity (Wildman–Crippen MR) is 115 cm³/mol. The van der Waals surface area contributed by atoms with Crippen LogP contribution in [0.4, 0.5) is 0 Å². The number of rotatable bonds is 6. The first-order chi connectivity index (χ1) is 13.8.